The number of carbonyl (C=O) groups excluding carboxylic acids is 1. The van der Waals surface area contributed by atoms with E-state index in [9.17, 15) is 13.6 Å². The summed E-state index contributed by atoms with van der Waals surface area (Å²) < 4.78 is 27.1. The van der Waals surface area contributed by atoms with Crippen molar-refractivity contribution in [2.45, 2.75) is 46.1 Å². The zero-order valence-corrected chi connectivity index (χ0v) is 11.7. The molecule has 0 saturated carbocycles. The van der Waals surface area contributed by atoms with E-state index in [-0.39, 0.29) is 28.9 Å². The molecular formula is C15H21F2NO. The van der Waals surface area contributed by atoms with Crippen molar-refractivity contribution in [1.29, 1.82) is 0 Å². The summed E-state index contributed by atoms with van der Waals surface area (Å²) in [6.07, 6.45) is 2.26. The van der Waals surface area contributed by atoms with E-state index in [1.807, 2.05) is 6.92 Å². The third-order valence-electron chi connectivity index (χ3n) is 3.29. The third-order valence-corrected chi connectivity index (χ3v) is 3.29. The van der Waals surface area contributed by atoms with Gasteiger partial charge < -0.3 is 5.73 Å². The molecule has 0 aliphatic carbocycles. The highest BCUT2D eigenvalue weighted by Gasteiger charge is 2.21. The van der Waals surface area contributed by atoms with Gasteiger partial charge in [0.15, 0.2) is 17.4 Å². The van der Waals surface area contributed by atoms with Crippen LogP contribution in [-0.4, -0.2) is 11.8 Å². The van der Waals surface area contributed by atoms with Gasteiger partial charge in [-0.3, -0.25) is 4.79 Å². The van der Waals surface area contributed by atoms with Gasteiger partial charge in [-0.15, -0.1) is 0 Å². The summed E-state index contributed by atoms with van der Waals surface area (Å²) in [5.74, 6) is -2.64. The standard InChI is InChI=1S/C15H21F2NO/c1-9-7-8-12(14(17)13(9)16)15(19)10(2)5-4-6-11(3)18/h7-8,10-11H,4-6,18H2,1-3H3. The van der Waals surface area contributed by atoms with Gasteiger partial charge in [0.1, 0.15) is 0 Å². The second-order valence-corrected chi connectivity index (χ2v) is 5.23. The molecule has 0 aromatic heterocycles. The Kier molecular flexibility index (Phi) is 5.60. The lowest BCUT2D eigenvalue weighted by atomic mass is 9.93. The number of benzene rings is 1. The van der Waals surface area contributed by atoms with Gasteiger partial charge in [0.2, 0.25) is 0 Å². The topological polar surface area (TPSA) is 43.1 Å². The maximum Gasteiger partial charge on any atom is 0.169 e. The van der Waals surface area contributed by atoms with E-state index in [4.69, 9.17) is 5.73 Å². The quantitative estimate of drug-likeness (QED) is 0.802. The predicted molar refractivity (Wildman–Crippen MR) is 72.1 cm³/mol. The summed E-state index contributed by atoms with van der Waals surface area (Å²) in [6.45, 7) is 5.11. The van der Waals surface area contributed by atoms with Crippen molar-refractivity contribution < 1.29 is 13.6 Å². The second kappa shape index (κ2) is 6.75. The molecule has 1 aromatic carbocycles. The van der Waals surface area contributed by atoms with Gasteiger partial charge in [-0.1, -0.05) is 19.4 Å². The number of hydrogen-bond donors (Lipinski definition) is 1. The molecule has 0 bridgehead atoms. The van der Waals surface area contributed by atoms with E-state index in [0.717, 1.165) is 12.8 Å². The van der Waals surface area contributed by atoms with Crippen molar-refractivity contribution >= 4 is 5.78 Å². The monoisotopic (exact) mass is 269 g/mol. The molecule has 0 saturated heterocycles. The lowest BCUT2D eigenvalue weighted by molar-refractivity contribution is 0.0917. The van der Waals surface area contributed by atoms with Crippen molar-refractivity contribution in [3.63, 3.8) is 0 Å². The molecule has 1 aromatic rings. The van der Waals surface area contributed by atoms with Crippen LogP contribution in [-0.2, 0) is 0 Å². The zero-order chi connectivity index (χ0) is 14.6. The molecule has 0 fully saturated rings. The minimum atomic E-state index is -1.04. The number of Topliss-reactive ketones (excluding diaryl/α,β-unsaturated/α-hetero) is 1. The lowest BCUT2D eigenvalue weighted by Gasteiger charge is -2.12. The SMILES string of the molecule is Cc1ccc(C(=O)C(C)CCCC(C)N)c(F)c1F. The predicted octanol–water partition coefficient (Wildman–Crippen LogP) is 3.61. The van der Waals surface area contributed by atoms with Crippen molar-refractivity contribution in [2.24, 2.45) is 11.7 Å². The van der Waals surface area contributed by atoms with Crippen LogP contribution >= 0.6 is 0 Å². The Balaban J connectivity index is 2.75. The first kappa shape index (κ1) is 15.8. The molecule has 0 spiro atoms. The number of aryl methyl sites for hydroxylation is 1. The molecule has 0 aliphatic rings. The molecule has 4 heteroatoms. The van der Waals surface area contributed by atoms with E-state index >= 15 is 0 Å². The molecule has 0 aliphatic heterocycles. The molecule has 0 radical (unpaired) electrons. The van der Waals surface area contributed by atoms with E-state index in [1.165, 1.54) is 19.1 Å². The minimum absolute atomic E-state index is 0.0934. The Morgan fingerprint density at radius 3 is 2.42 bits per heavy atom. The fraction of sp³-hybridized carbons (Fsp3) is 0.533. The Morgan fingerprint density at radius 1 is 1.21 bits per heavy atom. The highest BCUT2D eigenvalue weighted by Crippen LogP contribution is 2.21. The first-order chi connectivity index (χ1) is 8.84. The average molecular weight is 269 g/mol. The van der Waals surface area contributed by atoms with E-state index in [2.05, 4.69) is 0 Å². The van der Waals surface area contributed by atoms with E-state index in [0.29, 0.717) is 6.42 Å². The first-order valence-electron chi connectivity index (χ1n) is 6.59. The van der Waals surface area contributed by atoms with Gasteiger partial charge in [0, 0.05) is 12.0 Å². The molecule has 2 atom stereocenters. The molecular weight excluding hydrogens is 248 g/mol. The van der Waals surface area contributed by atoms with E-state index in [1.54, 1.807) is 6.92 Å². The second-order valence-electron chi connectivity index (χ2n) is 5.23. The van der Waals surface area contributed by atoms with Crippen LogP contribution in [0.3, 0.4) is 0 Å². The van der Waals surface area contributed by atoms with Gasteiger partial charge in [0.25, 0.3) is 0 Å². The number of rotatable bonds is 6. The fourth-order valence-corrected chi connectivity index (χ4v) is 1.98. The van der Waals surface area contributed by atoms with Gasteiger partial charge in [0.05, 0.1) is 5.56 Å². The molecule has 1 rings (SSSR count). The Hall–Kier alpha value is -1.29. The van der Waals surface area contributed by atoms with Crippen molar-refractivity contribution in [3.8, 4) is 0 Å². The number of nitrogens with two attached hydrogens (primary N) is 1. The number of carbonyl (C=O) groups is 1. The summed E-state index contributed by atoms with van der Waals surface area (Å²) >= 11 is 0. The molecule has 2 nitrogen and oxygen atoms in total. The first-order valence-corrected chi connectivity index (χ1v) is 6.59. The van der Waals surface area contributed by atoms with Gasteiger partial charge in [-0.2, -0.15) is 0 Å². The van der Waals surface area contributed by atoms with Crippen LogP contribution in [0.2, 0.25) is 0 Å². The maximum absolute atomic E-state index is 13.7. The molecule has 2 unspecified atom stereocenters. The number of halogens is 2. The summed E-state index contributed by atoms with van der Waals surface area (Å²) in [4.78, 5) is 12.1. The van der Waals surface area contributed by atoms with Crippen molar-refractivity contribution in [2.75, 3.05) is 0 Å². The highest BCUT2D eigenvalue weighted by molar-refractivity contribution is 5.97. The fourth-order valence-electron chi connectivity index (χ4n) is 1.98. The lowest BCUT2D eigenvalue weighted by Crippen LogP contribution is -2.17. The Labute approximate surface area is 113 Å². The maximum atomic E-state index is 13.7. The summed E-state index contributed by atoms with van der Waals surface area (Å²) in [5, 5.41) is 0. The van der Waals surface area contributed by atoms with Gasteiger partial charge in [-0.25, -0.2) is 8.78 Å². The van der Waals surface area contributed by atoms with Crippen molar-refractivity contribution in [1.82, 2.24) is 0 Å². The van der Waals surface area contributed by atoms with Crippen LogP contribution in [0.4, 0.5) is 8.78 Å². The summed E-state index contributed by atoms with van der Waals surface area (Å²) in [6, 6.07) is 2.88. The molecule has 2 N–H and O–H groups in total. The Morgan fingerprint density at radius 2 is 1.84 bits per heavy atom. The largest absolute Gasteiger partial charge is 0.328 e. The van der Waals surface area contributed by atoms with Crippen LogP contribution in [0.5, 0.6) is 0 Å². The molecule has 0 heterocycles. The van der Waals surface area contributed by atoms with Crippen molar-refractivity contribution in [3.05, 3.63) is 34.9 Å². The highest BCUT2D eigenvalue weighted by atomic mass is 19.2. The molecule has 106 valence electrons. The van der Waals surface area contributed by atoms with Crippen LogP contribution in [0.1, 0.15) is 49.0 Å². The third kappa shape index (κ3) is 4.10. The summed E-state index contributed by atoms with van der Waals surface area (Å²) in [5.41, 5.74) is 5.68. The van der Waals surface area contributed by atoms with Crippen LogP contribution in [0, 0.1) is 24.5 Å². The Bertz CT molecular complexity index is 458. The van der Waals surface area contributed by atoms with Crippen LogP contribution in [0.15, 0.2) is 12.1 Å². The normalized spacial score (nSPS) is 14.2. The van der Waals surface area contributed by atoms with Crippen LogP contribution < -0.4 is 5.73 Å². The smallest absolute Gasteiger partial charge is 0.169 e. The minimum Gasteiger partial charge on any atom is -0.328 e. The number of hydrogen-bond acceptors (Lipinski definition) is 2. The summed E-state index contributed by atoms with van der Waals surface area (Å²) in [7, 11) is 0. The zero-order valence-electron chi connectivity index (χ0n) is 11.7. The molecule has 0 amide bonds. The van der Waals surface area contributed by atoms with Gasteiger partial charge in [-0.05, 0) is 38.3 Å². The van der Waals surface area contributed by atoms with Gasteiger partial charge >= 0.3 is 0 Å². The van der Waals surface area contributed by atoms with Crippen LogP contribution in [0.25, 0.3) is 0 Å². The van der Waals surface area contributed by atoms with E-state index < -0.39 is 11.6 Å². The average Bonchev–Trinajstić information content (AvgIpc) is 2.35. The number of ketones is 1. The molecule has 19 heavy (non-hydrogen) atoms.